The van der Waals surface area contributed by atoms with Crippen molar-refractivity contribution in [3.8, 4) is 0 Å². The van der Waals surface area contributed by atoms with Crippen molar-refractivity contribution in [1.29, 1.82) is 0 Å². The quantitative estimate of drug-likeness (QED) is 0.661. The van der Waals surface area contributed by atoms with Crippen LogP contribution in [0.1, 0.15) is 23.1 Å². The molecule has 0 saturated carbocycles. The topological polar surface area (TPSA) is 92.6 Å². The van der Waals surface area contributed by atoms with Crippen LogP contribution in [0.4, 0.5) is 17.1 Å². The Hall–Kier alpha value is -3.22. The van der Waals surface area contributed by atoms with Crippen molar-refractivity contribution in [2.45, 2.75) is 27.2 Å². The average Bonchev–Trinajstić information content (AvgIpc) is 2.98. The molecule has 0 spiro atoms. The number of carbonyl (C=O) groups is 2. The first kappa shape index (κ1) is 18.6. The number of aryl methyl sites for hydroxylation is 3. The van der Waals surface area contributed by atoms with Crippen LogP contribution < -0.4 is 10.2 Å². The van der Waals surface area contributed by atoms with Crippen LogP contribution in [0.3, 0.4) is 0 Å². The summed E-state index contributed by atoms with van der Waals surface area (Å²) in [7, 11) is 0. The van der Waals surface area contributed by atoms with Gasteiger partial charge in [0.05, 0.1) is 10.8 Å². The molecule has 1 N–H and O–H groups in total. The summed E-state index contributed by atoms with van der Waals surface area (Å²) in [5, 5.41) is 13.6. The maximum absolute atomic E-state index is 12.6. The maximum Gasteiger partial charge on any atom is 0.269 e. The van der Waals surface area contributed by atoms with Crippen molar-refractivity contribution >= 4 is 28.9 Å². The zero-order valence-corrected chi connectivity index (χ0v) is 15.5. The summed E-state index contributed by atoms with van der Waals surface area (Å²) in [5.74, 6) is -0.803. The highest BCUT2D eigenvalue weighted by molar-refractivity contribution is 6.04. The number of anilines is 2. The zero-order valence-electron chi connectivity index (χ0n) is 15.5. The number of nitro benzene ring substituents is 1. The molecule has 1 heterocycles. The van der Waals surface area contributed by atoms with Gasteiger partial charge in [-0.15, -0.1) is 0 Å². The fourth-order valence-corrected chi connectivity index (χ4v) is 3.36. The highest BCUT2D eigenvalue weighted by Gasteiger charge is 2.35. The molecule has 0 bridgehead atoms. The molecule has 27 heavy (non-hydrogen) atoms. The lowest BCUT2D eigenvalue weighted by molar-refractivity contribution is -0.384. The summed E-state index contributed by atoms with van der Waals surface area (Å²) in [6.45, 7) is 5.96. The summed E-state index contributed by atoms with van der Waals surface area (Å²) < 4.78 is 0. The Balaban J connectivity index is 1.73. The Morgan fingerprint density at radius 2 is 1.89 bits per heavy atom. The molecule has 1 fully saturated rings. The number of hydrogen-bond acceptors (Lipinski definition) is 4. The van der Waals surface area contributed by atoms with E-state index in [0.717, 1.165) is 16.8 Å². The third kappa shape index (κ3) is 3.81. The van der Waals surface area contributed by atoms with Crippen LogP contribution in [0, 0.1) is 36.8 Å². The van der Waals surface area contributed by atoms with Gasteiger partial charge >= 0.3 is 0 Å². The van der Waals surface area contributed by atoms with E-state index in [1.165, 1.54) is 18.2 Å². The van der Waals surface area contributed by atoms with Crippen molar-refractivity contribution in [3.63, 3.8) is 0 Å². The molecule has 140 valence electrons. The van der Waals surface area contributed by atoms with Gasteiger partial charge in [0.2, 0.25) is 11.8 Å². The van der Waals surface area contributed by atoms with E-state index in [2.05, 4.69) is 5.32 Å². The van der Waals surface area contributed by atoms with E-state index in [-0.39, 0.29) is 23.9 Å². The van der Waals surface area contributed by atoms with E-state index in [9.17, 15) is 19.7 Å². The fraction of sp³-hybridized carbons (Fsp3) is 0.300. The zero-order chi connectivity index (χ0) is 19.7. The Bertz CT molecular complexity index is 939. The highest BCUT2D eigenvalue weighted by atomic mass is 16.6. The standard InChI is InChI=1S/C20H21N3O4/c1-12-4-7-18(14(3)8-12)22-11-15(10-19(22)24)20(25)21-17-6-5-16(23(26)27)9-13(17)2/h4-9,15H,10-11H2,1-3H3,(H,21,25). The van der Waals surface area contributed by atoms with Crippen LogP contribution in [0.25, 0.3) is 0 Å². The largest absolute Gasteiger partial charge is 0.326 e. The van der Waals surface area contributed by atoms with Crippen LogP contribution in [0.15, 0.2) is 36.4 Å². The number of rotatable bonds is 4. The predicted molar refractivity (Wildman–Crippen MR) is 103 cm³/mol. The number of non-ortho nitro benzene ring substituents is 1. The number of nitro groups is 1. The molecule has 2 aromatic rings. The molecule has 2 amide bonds. The van der Waals surface area contributed by atoms with Gasteiger partial charge in [-0.2, -0.15) is 0 Å². The Morgan fingerprint density at radius 1 is 1.15 bits per heavy atom. The Kier molecular flexibility index (Phi) is 4.94. The minimum atomic E-state index is -0.476. The molecule has 0 aliphatic carbocycles. The SMILES string of the molecule is Cc1ccc(N2CC(C(=O)Nc3ccc([N+](=O)[O-])cc3C)CC2=O)c(C)c1. The summed E-state index contributed by atoms with van der Waals surface area (Å²) in [6, 6.07) is 10.1. The minimum absolute atomic E-state index is 0.0254. The van der Waals surface area contributed by atoms with Crippen molar-refractivity contribution in [2.24, 2.45) is 5.92 Å². The molecule has 7 heteroatoms. The Labute approximate surface area is 157 Å². The molecule has 0 radical (unpaired) electrons. The predicted octanol–water partition coefficient (Wildman–Crippen LogP) is 3.51. The van der Waals surface area contributed by atoms with Crippen LogP contribution in [0.2, 0.25) is 0 Å². The number of amides is 2. The van der Waals surface area contributed by atoms with Crippen LogP contribution in [0.5, 0.6) is 0 Å². The second kappa shape index (κ2) is 7.19. The molecule has 2 aromatic carbocycles. The van der Waals surface area contributed by atoms with Crippen molar-refractivity contribution in [1.82, 2.24) is 0 Å². The van der Waals surface area contributed by atoms with Crippen LogP contribution in [-0.2, 0) is 9.59 Å². The van der Waals surface area contributed by atoms with Gasteiger partial charge in [0, 0.05) is 36.5 Å². The summed E-state index contributed by atoms with van der Waals surface area (Å²) in [6.07, 6.45) is 0.144. The summed E-state index contributed by atoms with van der Waals surface area (Å²) in [5.41, 5.74) is 4.03. The van der Waals surface area contributed by atoms with Gasteiger partial charge in [0.25, 0.3) is 5.69 Å². The molecule has 1 aliphatic rings. The highest BCUT2D eigenvalue weighted by Crippen LogP contribution is 2.30. The average molecular weight is 367 g/mol. The van der Waals surface area contributed by atoms with Gasteiger partial charge in [0.1, 0.15) is 0 Å². The lowest BCUT2D eigenvalue weighted by Crippen LogP contribution is -2.28. The van der Waals surface area contributed by atoms with Gasteiger partial charge < -0.3 is 10.2 Å². The number of carbonyl (C=O) groups excluding carboxylic acids is 2. The lowest BCUT2D eigenvalue weighted by atomic mass is 10.1. The maximum atomic E-state index is 12.6. The van der Waals surface area contributed by atoms with E-state index in [1.807, 2.05) is 32.0 Å². The normalized spacial score (nSPS) is 16.5. The summed E-state index contributed by atoms with van der Waals surface area (Å²) in [4.78, 5) is 37.1. The molecule has 7 nitrogen and oxygen atoms in total. The van der Waals surface area contributed by atoms with Gasteiger partial charge in [-0.25, -0.2) is 0 Å². The van der Waals surface area contributed by atoms with E-state index in [0.29, 0.717) is 17.8 Å². The van der Waals surface area contributed by atoms with Gasteiger partial charge in [-0.3, -0.25) is 19.7 Å². The number of nitrogens with one attached hydrogen (secondary N) is 1. The van der Waals surface area contributed by atoms with Gasteiger partial charge in [-0.1, -0.05) is 17.7 Å². The molecule has 1 unspecified atom stereocenters. The molecule has 1 atom stereocenters. The number of nitrogens with zero attached hydrogens (tertiary/aromatic N) is 2. The van der Waals surface area contributed by atoms with Crippen LogP contribution >= 0.6 is 0 Å². The van der Waals surface area contributed by atoms with E-state index in [1.54, 1.807) is 11.8 Å². The fourth-order valence-electron chi connectivity index (χ4n) is 3.36. The van der Waals surface area contributed by atoms with Crippen molar-refractivity contribution in [2.75, 3.05) is 16.8 Å². The van der Waals surface area contributed by atoms with Gasteiger partial charge in [0.15, 0.2) is 0 Å². The molecular weight excluding hydrogens is 346 g/mol. The summed E-state index contributed by atoms with van der Waals surface area (Å²) >= 11 is 0. The molecule has 0 aromatic heterocycles. The van der Waals surface area contributed by atoms with Gasteiger partial charge in [-0.05, 0) is 44.0 Å². The number of hydrogen-bond donors (Lipinski definition) is 1. The molecular formula is C20H21N3O4. The lowest BCUT2D eigenvalue weighted by Gasteiger charge is -2.19. The molecule has 1 aliphatic heterocycles. The smallest absolute Gasteiger partial charge is 0.269 e. The third-order valence-corrected chi connectivity index (χ3v) is 4.82. The van der Waals surface area contributed by atoms with Crippen LogP contribution in [-0.4, -0.2) is 23.3 Å². The second-order valence-corrected chi connectivity index (χ2v) is 6.94. The monoisotopic (exact) mass is 367 g/mol. The van der Waals surface area contributed by atoms with E-state index >= 15 is 0 Å². The first-order valence-electron chi connectivity index (χ1n) is 8.70. The number of benzene rings is 2. The first-order valence-corrected chi connectivity index (χ1v) is 8.70. The Morgan fingerprint density at radius 3 is 2.52 bits per heavy atom. The van der Waals surface area contributed by atoms with E-state index in [4.69, 9.17) is 0 Å². The second-order valence-electron chi connectivity index (χ2n) is 6.94. The van der Waals surface area contributed by atoms with E-state index < -0.39 is 10.8 Å². The minimum Gasteiger partial charge on any atom is -0.326 e. The molecule has 1 saturated heterocycles. The molecule has 3 rings (SSSR count). The van der Waals surface area contributed by atoms with Crippen molar-refractivity contribution in [3.05, 3.63) is 63.2 Å². The third-order valence-electron chi connectivity index (χ3n) is 4.82. The first-order chi connectivity index (χ1) is 12.8. The van der Waals surface area contributed by atoms with Crippen molar-refractivity contribution < 1.29 is 14.5 Å².